The van der Waals surface area contributed by atoms with Gasteiger partial charge in [-0.25, -0.2) is 0 Å². The lowest BCUT2D eigenvalue weighted by Gasteiger charge is -2.29. The number of benzene rings is 1. The zero-order valence-corrected chi connectivity index (χ0v) is 13.9. The molecule has 1 fully saturated rings. The average molecular weight is 339 g/mol. The highest BCUT2D eigenvalue weighted by molar-refractivity contribution is 6.03. The maximum atomic E-state index is 11.0. The van der Waals surface area contributed by atoms with E-state index in [1.165, 1.54) is 13.3 Å². The summed E-state index contributed by atoms with van der Waals surface area (Å²) in [5.74, 6) is 0.142. The molecule has 7 nitrogen and oxygen atoms in total. The fraction of sp³-hybridized carbons (Fsp3) is 0.400. The molecular weight excluding hydrogens is 316 g/mol. The van der Waals surface area contributed by atoms with Crippen LogP contribution in [-0.2, 0) is 4.79 Å². The van der Waals surface area contributed by atoms with E-state index in [-0.39, 0.29) is 30.2 Å². The van der Waals surface area contributed by atoms with E-state index in [0.29, 0.717) is 11.4 Å². The number of halogens is 1. The van der Waals surface area contributed by atoms with E-state index in [0.717, 1.165) is 25.9 Å². The van der Waals surface area contributed by atoms with Crippen molar-refractivity contribution in [3.63, 3.8) is 0 Å². The number of likely N-dealkylation sites (tertiary alicyclic amines) is 1. The Morgan fingerprint density at radius 3 is 2.30 bits per heavy atom. The Balaban J connectivity index is 0.00000264. The molecule has 8 heteroatoms. The largest absolute Gasteiger partial charge is 0.343 e. The molecule has 0 spiro atoms. The van der Waals surface area contributed by atoms with Crippen LogP contribution in [0.3, 0.4) is 0 Å². The SMILES string of the molecule is CC(=O)Nc1cccc(NC(=N)NC(=N)N2CCCCC2)c1.Cl. The zero-order valence-electron chi connectivity index (χ0n) is 13.1. The van der Waals surface area contributed by atoms with Crippen LogP contribution in [0.2, 0.25) is 0 Å². The lowest BCUT2D eigenvalue weighted by Crippen LogP contribution is -2.47. The first-order chi connectivity index (χ1) is 10.5. The Kier molecular flexibility index (Phi) is 7.34. The van der Waals surface area contributed by atoms with Gasteiger partial charge in [0.25, 0.3) is 0 Å². The van der Waals surface area contributed by atoms with E-state index in [2.05, 4.69) is 16.0 Å². The molecule has 5 N–H and O–H groups in total. The van der Waals surface area contributed by atoms with Gasteiger partial charge in [-0.2, -0.15) is 0 Å². The Labute approximate surface area is 142 Å². The van der Waals surface area contributed by atoms with Crippen molar-refractivity contribution in [2.45, 2.75) is 26.2 Å². The number of nitrogens with zero attached hydrogens (tertiary/aromatic N) is 1. The molecule has 0 radical (unpaired) electrons. The van der Waals surface area contributed by atoms with Crippen molar-refractivity contribution in [2.24, 2.45) is 0 Å². The summed E-state index contributed by atoms with van der Waals surface area (Å²) in [7, 11) is 0. The Morgan fingerprint density at radius 2 is 1.70 bits per heavy atom. The number of anilines is 2. The second kappa shape index (κ2) is 8.99. The van der Waals surface area contributed by atoms with Crippen LogP contribution in [-0.4, -0.2) is 35.8 Å². The average Bonchev–Trinajstić information content (AvgIpc) is 2.47. The van der Waals surface area contributed by atoms with E-state index in [1.54, 1.807) is 24.3 Å². The monoisotopic (exact) mass is 338 g/mol. The topological polar surface area (TPSA) is 104 Å². The van der Waals surface area contributed by atoms with Crippen molar-refractivity contribution in [1.82, 2.24) is 10.2 Å². The minimum absolute atomic E-state index is 0. The zero-order chi connectivity index (χ0) is 15.9. The maximum absolute atomic E-state index is 11.0. The van der Waals surface area contributed by atoms with Gasteiger partial charge >= 0.3 is 0 Å². The van der Waals surface area contributed by atoms with Gasteiger partial charge in [-0.1, -0.05) is 6.07 Å². The first kappa shape index (κ1) is 18.8. The van der Waals surface area contributed by atoms with Crippen molar-refractivity contribution in [1.29, 1.82) is 10.8 Å². The van der Waals surface area contributed by atoms with Gasteiger partial charge in [0.15, 0.2) is 11.9 Å². The van der Waals surface area contributed by atoms with Crippen LogP contribution < -0.4 is 16.0 Å². The molecule has 0 bridgehead atoms. The van der Waals surface area contributed by atoms with Crippen molar-refractivity contribution >= 4 is 41.6 Å². The van der Waals surface area contributed by atoms with Gasteiger partial charge < -0.3 is 15.5 Å². The molecule has 0 unspecified atom stereocenters. The Hall–Kier alpha value is -2.28. The molecular formula is C15H23ClN6O. The van der Waals surface area contributed by atoms with E-state index in [4.69, 9.17) is 10.8 Å². The molecule has 1 saturated heterocycles. The highest BCUT2D eigenvalue weighted by Gasteiger charge is 2.14. The molecule has 1 aliphatic rings. The Morgan fingerprint density at radius 1 is 1.09 bits per heavy atom. The number of hydrogen-bond acceptors (Lipinski definition) is 3. The summed E-state index contributed by atoms with van der Waals surface area (Å²) < 4.78 is 0. The summed E-state index contributed by atoms with van der Waals surface area (Å²) in [4.78, 5) is 13.0. The first-order valence-electron chi connectivity index (χ1n) is 7.38. The predicted octanol–water partition coefficient (Wildman–Crippen LogP) is 2.42. The molecule has 0 atom stereocenters. The third kappa shape index (κ3) is 6.15. The quantitative estimate of drug-likeness (QED) is 0.422. The van der Waals surface area contributed by atoms with E-state index in [9.17, 15) is 4.79 Å². The molecule has 1 aromatic carbocycles. The smallest absolute Gasteiger partial charge is 0.221 e. The molecule has 2 rings (SSSR count). The summed E-state index contributed by atoms with van der Waals surface area (Å²) in [5.41, 5.74) is 1.34. The van der Waals surface area contributed by atoms with E-state index < -0.39 is 0 Å². The summed E-state index contributed by atoms with van der Waals surface area (Å²) in [6.07, 6.45) is 3.38. The number of hydrogen-bond donors (Lipinski definition) is 5. The number of rotatable bonds is 2. The highest BCUT2D eigenvalue weighted by Crippen LogP contribution is 2.14. The maximum Gasteiger partial charge on any atom is 0.221 e. The van der Waals surface area contributed by atoms with E-state index >= 15 is 0 Å². The summed E-state index contributed by atoms with van der Waals surface area (Å²) in [5, 5.41) is 24.2. The van der Waals surface area contributed by atoms with Crippen LogP contribution >= 0.6 is 12.4 Å². The lowest BCUT2D eigenvalue weighted by atomic mass is 10.1. The fourth-order valence-electron chi connectivity index (χ4n) is 2.37. The lowest BCUT2D eigenvalue weighted by molar-refractivity contribution is -0.114. The number of carbonyl (C=O) groups excluding carboxylic acids is 1. The van der Waals surface area contributed by atoms with Gasteiger partial charge in [-0.15, -0.1) is 12.4 Å². The van der Waals surface area contributed by atoms with Crippen molar-refractivity contribution in [2.75, 3.05) is 23.7 Å². The van der Waals surface area contributed by atoms with Crippen LogP contribution in [0, 0.1) is 10.8 Å². The number of guanidine groups is 2. The molecule has 0 aliphatic carbocycles. The number of piperidine rings is 1. The molecule has 1 aromatic rings. The van der Waals surface area contributed by atoms with Gasteiger partial charge in [0.2, 0.25) is 5.91 Å². The van der Waals surface area contributed by atoms with Crippen LogP contribution in [0.5, 0.6) is 0 Å². The molecule has 1 aliphatic heterocycles. The van der Waals surface area contributed by atoms with Crippen molar-refractivity contribution in [3.8, 4) is 0 Å². The third-order valence-corrected chi connectivity index (χ3v) is 3.37. The second-order valence-electron chi connectivity index (χ2n) is 5.28. The minimum Gasteiger partial charge on any atom is -0.343 e. The fourth-order valence-corrected chi connectivity index (χ4v) is 2.37. The number of amides is 1. The highest BCUT2D eigenvalue weighted by atomic mass is 35.5. The summed E-state index contributed by atoms with van der Waals surface area (Å²) in [6, 6.07) is 7.10. The van der Waals surface area contributed by atoms with E-state index in [1.807, 2.05) is 4.90 Å². The van der Waals surface area contributed by atoms with Gasteiger partial charge in [-0.3, -0.25) is 20.9 Å². The molecule has 1 amide bonds. The first-order valence-corrected chi connectivity index (χ1v) is 7.38. The normalized spacial score (nSPS) is 13.5. The molecule has 0 aromatic heterocycles. The van der Waals surface area contributed by atoms with Crippen LogP contribution in [0.4, 0.5) is 11.4 Å². The number of nitrogens with one attached hydrogen (secondary N) is 5. The van der Waals surface area contributed by atoms with Gasteiger partial charge in [0.1, 0.15) is 0 Å². The van der Waals surface area contributed by atoms with Crippen LogP contribution in [0.25, 0.3) is 0 Å². The molecule has 23 heavy (non-hydrogen) atoms. The minimum atomic E-state index is -0.141. The number of carbonyl (C=O) groups is 1. The second-order valence-corrected chi connectivity index (χ2v) is 5.28. The van der Waals surface area contributed by atoms with Gasteiger partial charge in [-0.05, 0) is 37.5 Å². The Bertz CT molecular complexity index is 571. The summed E-state index contributed by atoms with van der Waals surface area (Å²) >= 11 is 0. The van der Waals surface area contributed by atoms with Crippen LogP contribution in [0.1, 0.15) is 26.2 Å². The third-order valence-electron chi connectivity index (χ3n) is 3.37. The molecule has 1 heterocycles. The van der Waals surface area contributed by atoms with Crippen LogP contribution in [0.15, 0.2) is 24.3 Å². The van der Waals surface area contributed by atoms with Gasteiger partial charge in [0, 0.05) is 31.4 Å². The predicted molar refractivity (Wildman–Crippen MR) is 95.6 cm³/mol. The standard InChI is InChI=1S/C15H22N6O.ClH/c1-11(22)18-12-6-5-7-13(10-12)19-14(16)20-15(17)21-8-3-2-4-9-21;/h5-7,10H,2-4,8-9H2,1H3,(H,18,22)(H4,16,17,19,20);1H. The van der Waals surface area contributed by atoms with Gasteiger partial charge in [0.05, 0.1) is 0 Å². The summed E-state index contributed by atoms with van der Waals surface area (Å²) in [6.45, 7) is 3.16. The molecule has 126 valence electrons. The van der Waals surface area contributed by atoms with Crippen molar-refractivity contribution in [3.05, 3.63) is 24.3 Å². The van der Waals surface area contributed by atoms with Crippen molar-refractivity contribution < 1.29 is 4.79 Å². The molecule has 0 saturated carbocycles.